The van der Waals surface area contributed by atoms with Crippen LogP contribution < -0.4 is 10.6 Å². The first-order valence-electron chi connectivity index (χ1n) is 11.9. The summed E-state index contributed by atoms with van der Waals surface area (Å²) in [6.45, 7) is 12.5. The number of hydrogen-bond donors (Lipinski definition) is 3. The Morgan fingerprint density at radius 2 is 1.78 bits per heavy atom. The Kier molecular flexibility index (Phi) is 9.90. The van der Waals surface area contributed by atoms with E-state index < -0.39 is 35.6 Å². The van der Waals surface area contributed by atoms with Gasteiger partial charge in [-0.3, -0.25) is 14.5 Å². The summed E-state index contributed by atoms with van der Waals surface area (Å²) in [6, 6.07) is 13.0. The molecule has 0 bridgehead atoms. The maximum atomic E-state index is 13.9. The lowest BCUT2D eigenvalue weighted by molar-refractivity contribution is -0.138. The average Bonchev–Trinajstić information content (AvgIpc) is 2.81. The molecule has 0 spiro atoms. The summed E-state index contributed by atoms with van der Waals surface area (Å²) in [5.74, 6) is -1.08. The molecule has 3 amide bonds. The van der Waals surface area contributed by atoms with E-state index in [9.17, 15) is 19.5 Å². The molecular weight excluding hydrogens is 470 g/mol. The van der Waals surface area contributed by atoms with Crippen molar-refractivity contribution in [2.24, 2.45) is 0 Å². The number of nitrogens with zero attached hydrogens (tertiary/aromatic N) is 1. The standard InChI is InChI=1S/C29H35N3O5/c1-8-20-11-10-12-22(17-20)25(26(34)30-19(3)4)32(9-2)27(35)24(31-28(36)37-29(5,6)7)18-21-13-15-23(33)16-14-21/h2,8,10-17,19,24-25,33H,1,18H2,3-7H3,(H,30,34)(H,31,36). The molecule has 2 aromatic carbocycles. The third kappa shape index (κ3) is 8.73. The molecule has 2 unspecified atom stereocenters. The van der Waals surface area contributed by atoms with Gasteiger partial charge >= 0.3 is 6.09 Å². The number of carbonyl (C=O) groups is 3. The van der Waals surface area contributed by atoms with E-state index in [1.165, 1.54) is 12.1 Å². The van der Waals surface area contributed by atoms with Crippen molar-refractivity contribution in [1.82, 2.24) is 15.5 Å². The molecule has 0 heterocycles. The van der Waals surface area contributed by atoms with Crippen molar-refractivity contribution in [2.45, 2.75) is 64.8 Å². The highest BCUT2D eigenvalue weighted by molar-refractivity contribution is 5.93. The van der Waals surface area contributed by atoms with Gasteiger partial charge in [-0.25, -0.2) is 4.79 Å². The lowest BCUT2D eigenvalue weighted by atomic mass is 9.99. The molecule has 0 saturated carbocycles. The number of hydrogen-bond acceptors (Lipinski definition) is 5. The topological polar surface area (TPSA) is 108 Å². The van der Waals surface area contributed by atoms with Crippen LogP contribution in [-0.4, -0.2) is 45.6 Å². The third-order valence-corrected chi connectivity index (χ3v) is 5.14. The molecule has 8 heteroatoms. The zero-order chi connectivity index (χ0) is 27.8. The number of benzene rings is 2. The number of alkyl carbamates (subject to hydrolysis) is 1. The summed E-state index contributed by atoms with van der Waals surface area (Å²) in [4.78, 5) is 40.8. The Balaban J connectivity index is 2.51. The van der Waals surface area contributed by atoms with Gasteiger partial charge in [0.1, 0.15) is 23.4 Å². The number of rotatable bonds is 9. The van der Waals surface area contributed by atoms with Crippen molar-refractivity contribution in [3.63, 3.8) is 0 Å². The second-order valence-electron chi connectivity index (χ2n) is 9.85. The molecule has 37 heavy (non-hydrogen) atoms. The van der Waals surface area contributed by atoms with Crippen molar-refractivity contribution in [2.75, 3.05) is 0 Å². The van der Waals surface area contributed by atoms with Crippen molar-refractivity contribution in [3.8, 4) is 18.2 Å². The summed E-state index contributed by atoms with van der Waals surface area (Å²) < 4.78 is 5.36. The maximum Gasteiger partial charge on any atom is 0.408 e. The smallest absolute Gasteiger partial charge is 0.408 e. The van der Waals surface area contributed by atoms with E-state index in [1.807, 2.05) is 6.07 Å². The fourth-order valence-electron chi connectivity index (χ4n) is 3.59. The largest absolute Gasteiger partial charge is 0.508 e. The van der Waals surface area contributed by atoms with E-state index in [2.05, 4.69) is 23.3 Å². The van der Waals surface area contributed by atoms with Gasteiger partial charge in [-0.2, -0.15) is 0 Å². The minimum absolute atomic E-state index is 0.0434. The number of carbonyl (C=O) groups excluding carboxylic acids is 3. The molecule has 0 radical (unpaired) electrons. The first kappa shape index (κ1) is 29.0. The molecule has 0 fully saturated rings. The van der Waals surface area contributed by atoms with Crippen LogP contribution in [0.1, 0.15) is 57.4 Å². The molecule has 0 aromatic heterocycles. The van der Waals surface area contributed by atoms with Crippen molar-refractivity contribution in [3.05, 3.63) is 71.8 Å². The predicted molar refractivity (Wildman–Crippen MR) is 143 cm³/mol. The van der Waals surface area contributed by atoms with Gasteiger partial charge < -0.3 is 20.5 Å². The van der Waals surface area contributed by atoms with Crippen LogP contribution in [-0.2, 0) is 20.7 Å². The van der Waals surface area contributed by atoms with Crippen molar-refractivity contribution >= 4 is 24.0 Å². The highest BCUT2D eigenvalue weighted by Gasteiger charge is 2.36. The number of ether oxygens (including phenoxy) is 1. The van der Waals surface area contributed by atoms with Crippen LogP contribution in [0.2, 0.25) is 0 Å². The normalized spacial score (nSPS) is 12.6. The van der Waals surface area contributed by atoms with Crippen molar-refractivity contribution < 1.29 is 24.2 Å². The number of nitrogens with one attached hydrogen (secondary N) is 2. The molecule has 2 aromatic rings. The predicted octanol–water partition coefficient (Wildman–Crippen LogP) is 4.16. The molecule has 2 atom stereocenters. The Bertz CT molecular complexity index is 1160. The number of phenols is 1. The van der Waals surface area contributed by atoms with Gasteiger partial charge in [0.05, 0.1) is 0 Å². The zero-order valence-electron chi connectivity index (χ0n) is 21.9. The fraction of sp³-hybridized carbons (Fsp3) is 0.345. The van der Waals surface area contributed by atoms with Crippen LogP contribution in [0.15, 0.2) is 55.1 Å². The van der Waals surface area contributed by atoms with Crippen LogP contribution in [0.5, 0.6) is 5.75 Å². The van der Waals surface area contributed by atoms with Crippen molar-refractivity contribution in [1.29, 1.82) is 0 Å². The molecule has 0 aliphatic heterocycles. The van der Waals surface area contributed by atoms with E-state index in [1.54, 1.807) is 71.0 Å². The summed E-state index contributed by atoms with van der Waals surface area (Å²) in [5, 5.41) is 15.1. The van der Waals surface area contributed by atoms with Gasteiger partial charge in [-0.1, -0.05) is 49.4 Å². The maximum absolute atomic E-state index is 13.9. The summed E-state index contributed by atoms with van der Waals surface area (Å²) in [6.07, 6.45) is 6.67. The molecular formula is C29H35N3O5. The molecule has 196 valence electrons. The molecule has 0 aliphatic carbocycles. The van der Waals surface area contributed by atoms with Crippen LogP contribution >= 0.6 is 0 Å². The Morgan fingerprint density at radius 3 is 2.32 bits per heavy atom. The Labute approximate surface area is 218 Å². The number of aromatic hydroxyl groups is 1. The van der Waals surface area contributed by atoms with Crippen LogP contribution in [0, 0.1) is 12.5 Å². The highest BCUT2D eigenvalue weighted by Crippen LogP contribution is 2.24. The van der Waals surface area contributed by atoms with E-state index in [-0.39, 0.29) is 18.2 Å². The van der Waals surface area contributed by atoms with E-state index in [4.69, 9.17) is 11.2 Å². The fourth-order valence-corrected chi connectivity index (χ4v) is 3.59. The number of terminal acetylenes is 1. The van der Waals surface area contributed by atoms with Crippen LogP contribution in [0.25, 0.3) is 6.08 Å². The number of phenolic OH excluding ortho intramolecular Hbond substituents is 1. The molecule has 8 nitrogen and oxygen atoms in total. The summed E-state index contributed by atoms with van der Waals surface area (Å²) >= 11 is 0. The molecule has 0 aliphatic rings. The lowest BCUT2D eigenvalue weighted by Crippen LogP contribution is -2.52. The molecule has 3 N–H and O–H groups in total. The number of amides is 3. The second kappa shape index (κ2) is 12.6. The van der Waals surface area contributed by atoms with Gasteiger partial charge in [0.2, 0.25) is 5.91 Å². The lowest BCUT2D eigenvalue weighted by Gasteiger charge is -2.31. The minimum atomic E-state index is -1.16. The van der Waals surface area contributed by atoms with E-state index in [0.717, 1.165) is 10.5 Å². The van der Waals surface area contributed by atoms with Crippen LogP contribution in [0.4, 0.5) is 4.79 Å². The SMILES string of the molecule is C#CN(C(=O)C(Cc1ccc(O)cc1)NC(=O)OC(C)(C)C)C(C(=O)NC(C)C)c1cccc(C=C)c1. The highest BCUT2D eigenvalue weighted by atomic mass is 16.6. The van der Waals surface area contributed by atoms with Gasteiger partial charge in [0.15, 0.2) is 0 Å². The first-order chi connectivity index (χ1) is 17.3. The minimum Gasteiger partial charge on any atom is -0.508 e. The van der Waals surface area contributed by atoms with Crippen LogP contribution in [0.3, 0.4) is 0 Å². The summed E-state index contributed by atoms with van der Waals surface area (Å²) in [5.41, 5.74) is 1.09. The first-order valence-corrected chi connectivity index (χ1v) is 11.9. The van der Waals surface area contributed by atoms with Gasteiger partial charge in [-0.15, -0.1) is 0 Å². The Morgan fingerprint density at radius 1 is 1.14 bits per heavy atom. The molecule has 2 rings (SSSR count). The van der Waals surface area contributed by atoms with Gasteiger partial charge in [0, 0.05) is 18.5 Å². The monoisotopic (exact) mass is 505 g/mol. The van der Waals surface area contributed by atoms with Gasteiger partial charge in [0.25, 0.3) is 5.91 Å². The quantitative estimate of drug-likeness (QED) is 0.350. The average molecular weight is 506 g/mol. The summed E-state index contributed by atoms with van der Waals surface area (Å²) in [7, 11) is 0. The molecule has 0 saturated heterocycles. The van der Waals surface area contributed by atoms with E-state index >= 15 is 0 Å². The Hall–Kier alpha value is -4.25. The van der Waals surface area contributed by atoms with E-state index in [0.29, 0.717) is 11.1 Å². The third-order valence-electron chi connectivity index (χ3n) is 5.14. The van der Waals surface area contributed by atoms with Gasteiger partial charge in [-0.05, 0) is 69.5 Å². The zero-order valence-corrected chi connectivity index (χ0v) is 21.9. The second-order valence-corrected chi connectivity index (χ2v) is 9.85.